The summed E-state index contributed by atoms with van der Waals surface area (Å²) in [6.45, 7) is 2.16. The van der Waals surface area contributed by atoms with E-state index in [2.05, 4.69) is 0 Å². The first kappa shape index (κ1) is 12.8. The lowest BCUT2D eigenvalue weighted by Gasteiger charge is -2.06. The van der Waals surface area contributed by atoms with Crippen LogP contribution in [0.25, 0.3) is 0 Å². The van der Waals surface area contributed by atoms with Gasteiger partial charge in [-0.15, -0.1) is 0 Å². The largest absolute Gasteiger partial charge is 0.487 e. The van der Waals surface area contributed by atoms with Crippen molar-refractivity contribution >= 4 is 17.3 Å². The molecule has 4 heteroatoms. The van der Waals surface area contributed by atoms with Crippen molar-refractivity contribution in [2.24, 2.45) is 11.5 Å². The Hall–Kier alpha value is -0.190. The SMILES string of the molecule is NCCCCCOC(=S)CCCN. The Kier molecular flexibility index (Phi) is 9.75. The molecule has 0 aromatic carbocycles. The highest BCUT2D eigenvalue weighted by atomic mass is 32.1. The molecule has 0 fully saturated rings. The predicted octanol–water partition coefficient (Wildman–Crippen LogP) is 1.20. The average molecular weight is 204 g/mol. The molecular weight excluding hydrogens is 184 g/mol. The fraction of sp³-hybridized carbons (Fsp3) is 0.889. The van der Waals surface area contributed by atoms with E-state index in [9.17, 15) is 0 Å². The summed E-state index contributed by atoms with van der Waals surface area (Å²) in [4.78, 5) is 0. The van der Waals surface area contributed by atoms with Gasteiger partial charge in [-0.2, -0.15) is 0 Å². The first-order valence-corrected chi connectivity index (χ1v) is 5.28. The Bertz CT molecular complexity index is 131. The molecule has 0 aliphatic heterocycles. The topological polar surface area (TPSA) is 61.3 Å². The van der Waals surface area contributed by atoms with Gasteiger partial charge in [0.25, 0.3) is 0 Å². The predicted molar refractivity (Wildman–Crippen MR) is 59.7 cm³/mol. The third-order valence-corrected chi connectivity index (χ3v) is 2.02. The second-order valence-electron chi connectivity index (χ2n) is 2.96. The van der Waals surface area contributed by atoms with Crippen LogP contribution in [0.5, 0.6) is 0 Å². The van der Waals surface area contributed by atoms with Crippen molar-refractivity contribution in [1.82, 2.24) is 0 Å². The van der Waals surface area contributed by atoms with E-state index in [4.69, 9.17) is 28.4 Å². The monoisotopic (exact) mass is 204 g/mol. The standard InChI is InChI=1S/C9H20N2OS/c10-6-2-1-3-8-12-9(13)5-4-7-11/h1-8,10-11H2. The summed E-state index contributed by atoms with van der Waals surface area (Å²) in [5, 5.41) is 0.693. The third kappa shape index (κ3) is 9.73. The van der Waals surface area contributed by atoms with Crippen LogP contribution >= 0.6 is 12.2 Å². The summed E-state index contributed by atoms with van der Waals surface area (Å²) in [5.41, 5.74) is 10.7. The fourth-order valence-electron chi connectivity index (χ4n) is 0.928. The molecule has 13 heavy (non-hydrogen) atoms. The number of nitrogens with two attached hydrogens (primary N) is 2. The normalized spacial score (nSPS) is 10.0. The summed E-state index contributed by atoms with van der Waals surface area (Å²) in [6, 6.07) is 0. The minimum Gasteiger partial charge on any atom is -0.487 e. The van der Waals surface area contributed by atoms with Crippen LogP contribution in [0.1, 0.15) is 32.1 Å². The van der Waals surface area contributed by atoms with Gasteiger partial charge in [-0.1, -0.05) is 0 Å². The molecule has 0 radical (unpaired) electrons. The number of rotatable bonds is 8. The Balaban J connectivity index is 3.08. The highest BCUT2D eigenvalue weighted by molar-refractivity contribution is 7.80. The minimum atomic E-state index is 0.677. The molecule has 0 saturated heterocycles. The van der Waals surface area contributed by atoms with Gasteiger partial charge < -0.3 is 16.2 Å². The zero-order valence-corrected chi connectivity index (χ0v) is 8.94. The van der Waals surface area contributed by atoms with Gasteiger partial charge in [-0.05, 0) is 51.0 Å². The molecule has 0 aliphatic carbocycles. The zero-order chi connectivity index (χ0) is 9.94. The van der Waals surface area contributed by atoms with E-state index in [1.165, 1.54) is 0 Å². The zero-order valence-electron chi connectivity index (χ0n) is 8.13. The first-order valence-electron chi connectivity index (χ1n) is 4.87. The second kappa shape index (κ2) is 9.89. The summed E-state index contributed by atoms with van der Waals surface area (Å²) < 4.78 is 5.33. The Labute approximate surface area is 85.8 Å². The third-order valence-electron chi connectivity index (χ3n) is 1.70. The van der Waals surface area contributed by atoms with Crippen molar-refractivity contribution < 1.29 is 4.74 Å². The molecule has 0 spiro atoms. The quantitative estimate of drug-likeness (QED) is 0.461. The maximum Gasteiger partial charge on any atom is 0.159 e. The van der Waals surface area contributed by atoms with Crippen molar-refractivity contribution in [1.29, 1.82) is 0 Å². The van der Waals surface area contributed by atoms with Gasteiger partial charge in [0.1, 0.15) is 0 Å². The lowest BCUT2D eigenvalue weighted by atomic mass is 10.2. The van der Waals surface area contributed by atoms with Gasteiger partial charge in [0, 0.05) is 6.42 Å². The molecule has 0 unspecified atom stereocenters. The van der Waals surface area contributed by atoms with E-state index < -0.39 is 0 Å². The minimum absolute atomic E-state index is 0.677. The van der Waals surface area contributed by atoms with Crippen LogP contribution in [0.4, 0.5) is 0 Å². The van der Waals surface area contributed by atoms with Gasteiger partial charge in [0.2, 0.25) is 0 Å². The molecule has 0 rings (SSSR count). The maximum atomic E-state index is 5.36. The molecule has 0 atom stereocenters. The van der Waals surface area contributed by atoms with E-state index in [-0.39, 0.29) is 0 Å². The lowest BCUT2D eigenvalue weighted by Crippen LogP contribution is -2.07. The highest BCUT2D eigenvalue weighted by Crippen LogP contribution is 1.98. The molecule has 0 bridgehead atoms. The van der Waals surface area contributed by atoms with Crippen LogP contribution in [-0.4, -0.2) is 24.7 Å². The average Bonchev–Trinajstić information content (AvgIpc) is 2.14. The molecule has 0 aliphatic rings. The first-order chi connectivity index (χ1) is 6.31. The van der Waals surface area contributed by atoms with Crippen LogP contribution in [0.2, 0.25) is 0 Å². The van der Waals surface area contributed by atoms with Gasteiger partial charge >= 0.3 is 0 Å². The van der Waals surface area contributed by atoms with Gasteiger partial charge in [0.05, 0.1) is 6.61 Å². The highest BCUT2D eigenvalue weighted by Gasteiger charge is 1.96. The molecule has 0 heterocycles. The molecule has 0 aromatic rings. The molecule has 0 amide bonds. The fourth-order valence-corrected chi connectivity index (χ4v) is 1.16. The summed E-state index contributed by atoms with van der Waals surface area (Å²) >= 11 is 4.99. The summed E-state index contributed by atoms with van der Waals surface area (Å²) in [7, 11) is 0. The van der Waals surface area contributed by atoms with Crippen molar-refractivity contribution in [3.63, 3.8) is 0 Å². The van der Waals surface area contributed by atoms with Crippen molar-refractivity contribution in [3.05, 3.63) is 0 Å². The lowest BCUT2D eigenvalue weighted by molar-refractivity contribution is 0.292. The van der Waals surface area contributed by atoms with E-state index in [0.29, 0.717) is 11.6 Å². The van der Waals surface area contributed by atoms with E-state index in [1.54, 1.807) is 0 Å². The molecule has 3 nitrogen and oxygen atoms in total. The van der Waals surface area contributed by atoms with Crippen molar-refractivity contribution in [3.8, 4) is 0 Å². The van der Waals surface area contributed by atoms with Gasteiger partial charge in [-0.25, -0.2) is 0 Å². The van der Waals surface area contributed by atoms with E-state index >= 15 is 0 Å². The van der Waals surface area contributed by atoms with Gasteiger partial charge in [-0.3, -0.25) is 0 Å². The number of hydrogen-bond donors (Lipinski definition) is 2. The number of unbranched alkanes of at least 4 members (excludes halogenated alkanes) is 2. The number of thiocarbonyl (C=S) groups is 1. The van der Waals surface area contributed by atoms with Gasteiger partial charge in [0.15, 0.2) is 5.05 Å². The van der Waals surface area contributed by atoms with Crippen molar-refractivity contribution in [2.75, 3.05) is 19.7 Å². The summed E-state index contributed by atoms with van der Waals surface area (Å²) in [5.74, 6) is 0. The Morgan fingerprint density at radius 2 is 1.69 bits per heavy atom. The molecular formula is C9H20N2OS. The molecule has 0 saturated carbocycles. The van der Waals surface area contributed by atoms with Crippen molar-refractivity contribution in [2.45, 2.75) is 32.1 Å². The van der Waals surface area contributed by atoms with Crippen LogP contribution in [0.3, 0.4) is 0 Å². The number of hydrogen-bond acceptors (Lipinski definition) is 4. The second-order valence-corrected chi connectivity index (χ2v) is 3.42. The number of ether oxygens (including phenoxy) is 1. The van der Waals surface area contributed by atoms with Crippen LogP contribution in [0, 0.1) is 0 Å². The Morgan fingerprint density at radius 3 is 2.31 bits per heavy atom. The van der Waals surface area contributed by atoms with Crippen LogP contribution in [0.15, 0.2) is 0 Å². The maximum absolute atomic E-state index is 5.36. The van der Waals surface area contributed by atoms with Crippen LogP contribution in [-0.2, 0) is 4.74 Å². The molecule has 4 N–H and O–H groups in total. The Morgan fingerprint density at radius 1 is 1.00 bits per heavy atom. The van der Waals surface area contributed by atoms with E-state index in [0.717, 1.165) is 45.3 Å². The van der Waals surface area contributed by atoms with E-state index in [1.807, 2.05) is 0 Å². The summed E-state index contributed by atoms with van der Waals surface area (Å²) in [6.07, 6.45) is 4.96. The smallest absolute Gasteiger partial charge is 0.159 e. The molecule has 78 valence electrons. The molecule has 0 aromatic heterocycles. The van der Waals surface area contributed by atoms with Crippen LogP contribution < -0.4 is 11.5 Å².